The van der Waals surface area contributed by atoms with E-state index in [1.54, 1.807) is 11.3 Å². The summed E-state index contributed by atoms with van der Waals surface area (Å²) in [4.78, 5) is 4.66. The van der Waals surface area contributed by atoms with Gasteiger partial charge in [-0.05, 0) is 35.3 Å². The van der Waals surface area contributed by atoms with E-state index in [2.05, 4.69) is 20.9 Å². The number of hydrogen-bond acceptors (Lipinski definition) is 4. The molecule has 0 aromatic carbocycles. The van der Waals surface area contributed by atoms with E-state index in [9.17, 15) is 0 Å². The Hall–Kier alpha value is 0.0300. The molecule has 0 saturated carbocycles. The van der Waals surface area contributed by atoms with E-state index in [0.717, 1.165) is 42.0 Å². The first-order valence-electron chi connectivity index (χ1n) is 5.24. The minimum absolute atomic E-state index is 0.589. The fourth-order valence-corrected chi connectivity index (χ4v) is 3.55. The van der Waals surface area contributed by atoms with Gasteiger partial charge in [0.2, 0.25) is 0 Å². The van der Waals surface area contributed by atoms with Crippen LogP contribution in [-0.2, 0) is 11.2 Å². The number of thiazole rings is 1. The van der Waals surface area contributed by atoms with Crippen molar-refractivity contribution in [3.05, 3.63) is 14.5 Å². The number of nitrogens with zero attached hydrogens (tertiary/aromatic N) is 1. The molecule has 1 saturated heterocycles. The molecule has 0 atom stereocenters. The number of rotatable bonds is 3. The Morgan fingerprint density at radius 2 is 2.20 bits per heavy atom. The fourth-order valence-electron chi connectivity index (χ4n) is 1.76. The quantitative estimate of drug-likeness (QED) is 0.929. The van der Waals surface area contributed by atoms with Gasteiger partial charge >= 0.3 is 0 Å². The van der Waals surface area contributed by atoms with Crippen LogP contribution >= 0.6 is 27.3 Å². The first-order chi connectivity index (χ1) is 7.31. The Kier molecular flexibility index (Phi) is 4.13. The smallest absolute Gasteiger partial charge is 0.0972 e. The SMILES string of the molecule is NCCc1nc(C2CCOCC2)sc1Br. The number of halogens is 1. The van der Waals surface area contributed by atoms with Crippen molar-refractivity contribution in [1.82, 2.24) is 4.98 Å². The average molecular weight is 291 g/mol. The van der Waals surface area contributed by atoms with Crippen LogP contribution in [0.15, 0.2) is 3.79 Å². The van der Waals surface area contributed by atoms with Crippen LogP contribution in [-0.4, -0.2) is 24.7 Å². The second kappa shape index (κ2) is 5.39. The van der Waals surface area contributed by atoms with Crippen LogP contribution in [0, 0.1) is 0 Å². The van der Waals surface area contributed by atoms with Gasteiger partial charge in [-0.1, -0.05) is 0 Å². The summed E-state index contributed by atoms with van der Waals surface area (Å²) in [5.41, 5.74) is 6.66. The highest BCUT2D eigenvalue weighted by Gasteiger charge is 2.20. The van der Waals surface area contributed by atoms with Gasteiger partial charge < -0.3 is 10.5 Å². The molecule has 0 spiro atoms. The van der Waals surface area contributed by atoms with Crippen LogP contribution in [0.2, 0.25) is 0 Å². The van der Waals surface area contributed by atoms with Crippen molar-refractivity contribution in [2.45, 2.75) is 25.2 Å². The van der Waals surface area contributed by atoms with E-state index in [4.69, 9.17) is 10.5 Å². The Labute approximate surface area is 102 Å². The van der Waals surface area contributed by atoms with Crippen molar-refractivity contribution in [2.75, 3.05) is 19.8 Å². The minimum atomic E-state index is 0.589. The molecule has 1 fully saturated rings. The molecule has 15 heavy (non-hydrogen) atoms. The van der Waals surface area contributed by atoms with E-state index in [1.165, 1.54) is 5.01 Å². The molecule has 1 aromatic heterocycles. The molecule has 5 heteroatoms. The van der Waals surface area contributed by atoms with E-state index in [1.807, 2.05) is 0 Å². The highest BCUT2D eigenvalue weighted by Crippen LogP contribution is 2.34. The highest BCUT2D eigenvalue weighted by molar-refractivity contribution is 9.11. The molecule has 1 aliphatic heterocycles. The van der Waals surface area contributed by atoms with E-state index in [-0.39, 0.29) is 0 Å². The third-order valence-electron chi connectivity index (χ3n) is 2.62. The Bertz CT molecular complexity index is 323. The zero-order valence-corrected chi connectivity index (χ0v) is 10.9. The normalized spacial score (nSPS) is 18.3. The maximum absolute atomic E-state index is 5.54. The van der Waals surface area contributed by atoms with Gasteiger partial charge in [0.15, 0.2) is 0 Å². The van der Waals surface area contributed by atoms with Crippen molar-refractivity contribution in [3.8, 4) is 0 Å². The molecule has 0 aliphatic carbocycles. The molecular formula is C10H15BrN2OS. The summed E-state index contributed by atoms with van der Waals surface area (Å²) < 4.78 is 6.50. The predicted molar refractivity (Wildman–Crippen MR) is 65.4 cm³/mol. The van der Waals surface area contributed by atoms with Gasteiger partial charge in [-0.2, -0.15) is 0 Å². The zero-order chi connectivity index (χ0) is 10.7. The lowest BCUT2D eigenvalue weighted by Crippen LogP contribution is -2.14. The molecule has 3 nitrogen and oxygen atoms in total. The Morgan fingerprint density at radius 1 is 1.47 bits per heavy atom. The standard InChI is InChI=1S/C10H15BrN2OS/c11-9-8(1-4-12)13-10(15-9)7-2-5-14-6-3-7/h7H,1-6,12H2. The molecule has 84 valence electrons. The van der Waals surface area contributed by atoms with Crippen LogP contribution in [0.3, 0.4) is 0 Å². The second-order valence-electron chi connectivity index (χ2n) is 3.70. The van der Waals surface area contributed by atoms with Gasteiger partial charge in [-0.25, -0.2) is 4.98 Å². The van der Waals surface area contributed by atoms with Gasteiger partial charge in [0.05, 0.1) is 14.5 Å². The molecule has 2 rings (SSSR count). The summed E-state index contributed by atoms with van der Waals surface area (Å²) in [6.45, 7) is 2.40. The summed E-state index contributed by atoms with van der Waals surface area (Å²) in [7, 11) is 0. The molecule has 0 bridgehead atoms. The van der Waals surface area contributed by atoms with Crippen molar-refractivity contribution >= 4 is 27.3 Å². The summed E-state index contributed by atoms with van der Waals surface area (Å²) in [5, 5.41) is 1.24. The van der Waals surface area contributed by atoms with Gasteiger partial charge in [0.1, 0.15) is 0 Å². The molecule has 0 radical (unpaired) electrons. The second-order valence-corrected chi connectivity index (χ2v) is 6.05. The minimum Gasteiger partial charge on any atom is -0.381 e. The van der Waals surface area contributed by atoms with Gasteiger partial charge in [-0.3, -0.25) is 0 Å². The Morgan fingerprint density at radius 3 is 2.87 bits per heavy atom. The van der Waals surface area contributed by atoms with Crippen LogP contribution < -0.4 is 5.73 Å². The van der Waals surface area contributed by atoms with Crippen LogP contribution in [0.25, 0.3) is 0 Å². The molecule has 1 aromatic rings. The summed E-state index contributed by atoms with van der Waals surface area (Å²) in [5.74, 6) is 0.589. The number of ether oxygens (including phenoxy) is 1. The average Bonchev–Trinajstić information content (AvgIpc) is 2.63. The number of hydrogen-bond donors (Lipinski definition) is 1. The first-order valence-corrected chi connectivity index (χ1v) is 6.85. The first kappa shape index (κ1) is 11.5. The molecule has 0 amide bonds. The van der Waals surface area contributed by atoms with Gasteiger partial charge in [-0.15, -0.1) is 11.3 Å². The largest absolute Gasteiger partial charge is 0.381 e. The zero-order valence-electron chi connectivity index (χ0n) is 8.54. The maximum Gasteiger partial charge on any atom is 0.0972 e. The number of nitrogens with two attached hydrogens (primary N) is 1. The van der Waals surface area contributed by atoms with E-state index in [0.29, 0.717) is 12.5 Å². The molecule has 1 aliphatic rings. The van der Waals surface area contributed by atoms with Crippen LogP contribution in [0.1, 0.15) is 29.5 Å². The third-order valence-corrected chi connectivity index (χ3v) is 4.61. The Balaban J connectivity index is 2.10. The van der Waals surface area contributed by atoms with Gasteiger partial charge in [0.25, 0.3) is 0 Å². The van der Waals surface area contributed by atoms with Gasteiger partial charge in [0, 0.05) is 25.6 Å². The number of aromatic nitrogens is 1. The lowest BCUT2D eigenvalue weighted by molar-refractivity contribution is 0.0852. The molecule has 2 N–H and O–H groups in total. The maximum atomic E-state index is 5.54. The fraction of sp³-hybridized carbons (Fsp3) is 0.700. The monoisotopic (exact) mass is 290 g/mol. The third kappa shape index (κ3) is 2.78. The summed E-state index contributed by atoms with van der Waals surface area (Å²) in [6.07, 6.45) is 3.06. The highest BCUT2D eigenvalue weighted by atomic mass is 79.9. The van der Waals surface area contributed by atoms with E-state index >= 15 is 0 Å². The molecular weight excluding hydrogens is 276 g/mol. The summed E-state index contributed by atoms with van der Waals surface area (Å²) in [6, 6.07) is 0. The lowest BCUT2D eigenvalue weighted by atomic mass is 10.0. The molecule has 0 unspecified atom stereocenters. The van der Waals surface area contributed by atoms with Crippen molar-refractivity contribution in [3.63, 3.8) is 0 Å². The lowest BCUT2D eigenvalue weighted by Gasteiger charge is -2.19. The van der Waals surface area contributed by atoms with Crippen LogP contribution in [0.5, 0.6) is 0 Å². The van der Waals surface area contributed by atoms with Crippen molar-refractivity contribution in [1.29, 1.82) is 0 Å². The predicted octanol–water partition coefficient (Wildman–Crippen LogP) is 2.30. The van der Waals surface area contributed by atoms with Crippen molar-refractivity contribution in [2.24, 2.45) is 5.73 Å². The molecule has 2 heterocycles. The topological polar surface area (TPSA) is 48.1 Å². The van der Waals surface area contributed by atoms with E-state index < -0.39 is 0 Å². The van der Waals surface area contributed by atoms with Crippen molar-refractivity contribution < 1.29 is 4.74 Å². The summed E-state index contributed by atoms with van der Waals surface area (Å²) >= 11 is 5.31. The van der Waals surface area contributed by atoms with Crippen LogP contribution in [0.4, 0.5) is 0 Å².